The zero-order valence-electron chi connectivity index (χ0n) is 11.8. The normalized spacial score (nSPS) is 19.4. The van der Waals surface area contributed by atoms with Crippen LogP contribution in [0.5, 0.6) is 0 Å². The van der Waals surface area contributed by atoms with Crippen LogP contribution in [0.2, 0.25) is 0 Å². The zero-order valence-corrected chi connectivity index (χ0v) is 12.6. The van der Waals surface area contributed by atoms with Gasteiger partial charge >= 0.3 is 0 Å². The van der Waals surface area contributed by atoms with Gasteiger partial charge in [0.1, 0.15) is 0 Å². The Kier molecular flexibility index (Phi) is 5.76. The third-order valence-electron chi connectivity index (χ3n) is 3.60. The average Bonchev–Trinajstić information content (AvgIpc) is 2.28. The number of amides is 1. The first kappa shape index (κ1) is 16.4. The van der Waals surface area contributed by atoms with Crippen molar-refractivity contribution < 1.29 is 13.2 Å². The van der Waals surface area contributed by atoms with Gasteiger partial charge in [0.25, 0.3) is 0 Å². The number of rotatable bonds is 6. The Morgan fingerprint density at radius 1 is 1.26 bits per heavy atom. The van der Waals surface area contributed by atoms with E-state index in [1.807, 2.05) is 0 Å². The van der Waals surface area contributed by atoms with Gasteiger partial charge in [0.05, 0.1) is 5.75 Å². The molecule has 0 spiro atoms. The number of hydrogen-bond acceptors (Lipinski definition) is 4. The number of sulfonamides is 1. The predicted octanol–water partition coefficient (Wildman–Crippen LogP) is 0.0457. The molecule has 0 saturated heterocycles. The van der Waals surface area contributed by atoms with Crippen molar-refractivity contribution in [2.45, 2.75) is 44.1 Å². The van der Waals surface area contributed by atoms with Gasteiger partial charge < -0.3 is 11.1 Å². The Balaban J connectivity index is 2.32. The number of nitrogens with zero attached hydrogens (tertiary/aromatic N) is 1. The standard InChI is InChI=1S/C12H25N3O3S/c1-15(2)19(17,18)9-8-14-11(16)10-12(13)6-4-3-5-7-12/h3-10,13H2,1-2H3,(H,14,16). The molecule has 0 aromatic heterocycles. The summed E-state index contributed by atoms with van der Waals surface area (Å²) < 4.78 is 24.2. The molecule has 0 atom stereocenters. The second-order valence-corrected chi connectivity index (χ2v) is 7.85. The molecule has 0 heterocycles. The molecule has 6 nitrogen and oxygen atoms in total. The maximum atomic E-state index is 11.8. The van der Waals surface area contributed by atoms with Crippen LogP contribution in [0, 0.1) is 0 Å². The number of hydrogen-bond donors (Lipinski definition) is 2. The lowest BCUT2D eigenvalue weighted by atomic mass is 9.80. The highest BCUT2D eigenvalue weighted by molar-refractivity contribution is 7.89. The van der Waals surface area contributed by atoms with Crippen molar-refractivity contribution in [3.8, 4) is 0 Å². The smallest absolute Gasteiger partial charge is 0.221 e. The molecule has 1 aliphatic carbocycles. The van der Waals surface area contributed by atoms with Crippen LogP contribution in [0.4, 0.5) is 0 Å². The van der Waals surface area contributed by atoms with Crippen molar-refractivity contribution in [2.24, 2.45) is 5.73 Å². The molecule has 3 N–H and O–H groups in total. The Labute approximate surface area is 115 Å². The summed E-state index contributed by atoms with van der Waals surface area (Å²) in [6.45, 7) is 0.134. The fourth-order valence-corrected chi connectivity index (χ4v) is 3.04. The molecule has 0 bridgehead atoms. The van der Waals surface area contributed by atoms with Crippen LogP contribution in [0.25, 0.3) is 0 Å². The van der Waals surface area contributed by atoms with Gasteiger partial charge in [-0.15, -0.1) is 0 Å². The minimum Gasteiger partial charge on any atom is -0.355 e. The van der Waals surface area contributed by atoms with E-state index < -0.39 is 15.6 Å². The molecule has 1 aliphatic rings. The molecule has 1 amide bonds. The monoisotopic (exact) mass is 291 g/mol. The number of nitrogens with one attached hydrogen (secondary N) is 1. The molecular formula is C12H25N3O3S. The Morgan fingerprint density at radius 2 is 1.84 bits per heavy atom. The molecule has 0 aliphatic heterocycles. The summed E-state index contributed by atoms with van der Waals surface area (Å²) in [4.78, 5) is 11.8. The van der Waals surface area contributed by atoms with Crippen LogP contribution >= 0.6 is 0 Å². The van der Waals surface area contributed by atoms with Gasteiger partial charge in [0, 0.05) is 32.6 Å². The van der Waals surface area contributed by atoms with E-state index in [2.05, 4.69) is 5.32 Å². The van der Waals surface area contributed by atoms with Crippen molar-refractivity contribution in [1.29, 1.82) is 0 Å². The molecule has 1 fully saturated rings. The van der Waals surface area contributed by atoms with Crippen LogP contribution in [-0.2, 0) is 14.8 Å². The van der Waals surface area contributed by atoms with Crippen molar-refractivity contribution in [1.82, 2.24) is 9.62 Å². The fraction of sp³-hybridized carbons (Fsp3) is 0.917. The second-order valence-electron chi connectivity index (χ2n) is 5.55. The summed E-state index contributed by atoms with van der Waals surface area (Å²) >= 11 is 0. The minimum absolute atomic E-state index is 0.0800. The van der Waals surface area contributed by atoms with Crippen LogP contribution in [0.1, 0.15) is 38.5 Å². The van der Waals surface area contributed by atoms with E-state index in [0.717, 1.165) is 30.0 Å². The Hall–Kier alpha value is -0.660. The van der Waals surface area contributed by atoms with Crippen LogP contribution in [-0.4, -0.2) is 50.6 Å². The molecule has 1 rings (SSSR count). The van der Waals surface area contributed by atoms with Gasteiger partial charge in [-0.25, -0.2) is 12.7 Å². The molecular weight excluding hydrogens is 266 g/mol. The van der Waals surface area contributed by atoms with E-state index in [4.69, 9.17) is 5.73 Å². The molecule has 112 valence electrons. The summed E-state index contributed by atoms with van der Waals surface area (Å²) in [5.74, 6) is -0.234. The van der Waals surface area contributed by atoms with Crippen LogP contribution < -0.4 is 11.1 Å². The van der Waals surface area contributed by atoms with E-state index in [0.29, 0.717) is 0 Å². The quantitative estimate of drug-likeness (QED) is 0.723. The highest BCUT2D eigenvalue weighted by Crippen LogP contribution is 2.28. The molecule has 0 unspecified atom stereocenters. The lowest BCUT2D eigenvalue weighted by Gasteiger charge is -2.32. The molecule has 0 aromatic rings. The van der Waals surface area contributed by atoms with Crippen molar-refractivity contribution >= 4 is 15.9 Å². The first-order valence-electron chi connectivity index (χ1n) is 6.71. The SMILES string of the molecule is CN(C)S(=O)(=O)CCNC(=O)CC1(N)CCCCC1. The van der Waals surface area contributed by atoms with Crippen molar-refractivity contribution in [3.05, 3.63) is 0 Å². The van der Waals surface area contributed by atoms with Crippen LogP contribution in [0.15, 0.2) is 0 Å². The van der Waals surface area contributed by atoms with Crippen molar-refractivity contribution in [2.75, 3.05) is 26.4 Å². The lowest BCUT2D eigenvalue weighted by Crippen LogP contribution is -2.46. The van der Waals surface area contributed by atoms with E-state index in [1.165, 1.54) is 20.5 Å². The van der Waals surface area contributed by atoms with E-state index in [-0.39, 0.29) is 24.6 Å². The predicted molar refractivity (Wildman–Crippen MR) is 75.1 cm³/mol. The number of nitrogens with two attached hydrogens (primary N) is 1. The first-order chi connectivity index (χ1) is 8.75. The summed E-state index contributed by atoms with van der Waals surface area (Å²) in [6, 6.07) is 0. The van der Waals surface area contributed by atoms with E-state index >= 15 is 0 Å². The Morgan fingerprint density at radius 3 is 2.37 bits per heavy atom. The van der Waals surface area contributed by atoms with Gasteiger partial charge in [-0.05, 0) is 12.8 Å². The largest absolute Gasteiger partial charge is 0.355 e. The van der Waals surface area contributed by atoms with E-state index in [9.17, 15) is 13.2 Å². The fourth-order valence-electron chi connectivity index (χ4n) is 2.32. The minimum atomic E-state index is -3.25. The zero-order chi connectivity index (χ0) is 14.5. The van der Waals surface area contributed by atoms with Crippen molar-refractivity contribution in [3.63, 3.8) is 0 Å². The van der Waals surface area contributed by atoms with Crippen LogP contribution in [0.3, 0.4) is 0 Å². The highest BCUT2D eigenvalue weighted by atomic mass is 32.2. The maximum Gasteiger partial charge on any atom is 0.221 e. The number of carbonyl (C=O) groups is 1. The maximum absolute atomic E-state index is 11.8. The number of carbonyl (C=O) groups excluding carboxylic acids is 1. The van der Waals surface area contributed by atoms with Gasteiger partial charge in [-0.2, -0.15) is 0 Å². The van der Waals surface area contributed by atoms with Gasteiger partial charge in [-0.3, -0.25) is 4.79 Å². The lowest BCUT2D eigenvalue weighted by molar-refractivity contribution is -0.122. The van der Waals surface area contributed by atoms with E-state index in [1.54, 1.807) is 0 Å². The topological polar surface area (TPSA) is 92.5 Å². The Bertz CT molecular complexity index is 400. The molecule has 7 heteroatoms. The molecule has 0 radical (unpaired) electrons. The van der Waals surface area contributed by atoms with Gasteiger partial charge in [0.2, 0.25) is 15.9 Å². The third-order valence-corrected chi connectivity index (χ3v) is 5.43. The van der Waals surface area contributed by atoms with Gasteiger partial charge in [0.15, 0.2) is 0 Å². The summed E-state index contributed by atoms with van der Waals surface area (Å²) in [5.41, 5.74) is 5.78. The molecule has 1 saturated carbocycles. The second kappa shape index (κ2) is 6.67. The summed E-state index contributed by atoms with van der Waals surface area (Å²) in [7, 11) is -0.294. The first-order valence-corrected chi connectivity index (χ1v) is 8.32. The third kappa shape index (κ3) is 5.46. The molecule has 0 aromatic carbocycles. The molecule has 19 heavy (non-hydrogen) atoms. The van der Waals surface area contributed by atoms with Gasteiger partial charge in [-0.1, -0.05) is 19.3 Å². The highest BCUT2D eigenvalue weighted by Gasteiger charge is 2.29. The summed E-state index contributed by atoms with van der Waals surface area (Å²) in [6.07, 6.45) is 5.35. The summed E-state index contributed by atoms with van der Waals surface area (Å²) in [5, 5.41) is 2.64. The average molecular weight is 291 g/mol.